The molecule has 3 nitrogen and oxygen atoms in total. The Balaban J connectivity index is 2.21. The van der Waals surface area contributed by atoms with E-state index < -0.39 is 0 Å². The van der Waals surface area contributed by atoms with Crippen LogP contribution in [0.2, 0.25) is 0 Å². The monoisotopic (exact) mass is 252 g/mol. The topological polar surface area (TPSA) is 24.5 Å². The van der Waals surface area contributed by atoms with Crippen molar-refractivity contribution < 1.29 is 9.13 Å². The summed E-state index contributed by atoms with van der Waals surface area (Å²) in [5.41, 5.74) is 1.15. The lowest BCUT2D eigenvalue weighted by atomic mass is 9.95. The molecule has 0 bridgehead atoms. The molecule has 1 saturated heterocycles. The quantitative estimate of drug-likeness (QED) is 0.894. The van der Waals surface area contributed by atoms with E-state index in [1.165, 1.54) is 13.2 Å². The zero-order valence-corrected chi connectivity index (χ0v) is 11.3. The predicted octanol–water partition coefficient (Wildman–Crippen LogP) is 2.41. The fourth-order valence-electron chi connectivity index (χ4n) is 2.35. The predicted molar refractivity (Wildman–Crippen MR) is 71.9 cm³/mol. The molecule has 1 atom stereocenters. The van der Waals surface area contributed by atoms with Gasteiger partial charge < -0.3 is 15.0 Å². The molecule has 0 aliphatic carbocycles. The molecule has 4 heteroatoms. The van der Waals surface area contributed by atoms with E-state index in [-0.39, 0.29) is 11.4 Å². The van der Waals surface area contributed by atoms with Gasteiger partial charge in [0.15, 0.2) is 11.6 Å². The van der Waals surface area contributed by atoms with Crippen molar-refractivity contribution in [2.24, 2.45) is 0 Å². The third-order valence-electron chi connectivity index (χ3n) is 3.75. The van der Waals surface area contributed by atoms with Crippen LogP contribution in [0.4, 0.5) is 10.1 Å². The molecule has 1 aromatic carbocycles. The minimum absolute atomic E-state index is 0.125. The molecule has 0 saturated carbocycles. The van der Waals surface area contributed by atoms with Gasteiger partial charge in [0.1, 0.15) is 0 Å². The Morgan fingerprint density at radius 3 is 2.94 bits per heavy atom. The van der Waals surface area contributed by atoms with Gasteiger partial charge in [0.05, 0.1) is 7.11 Å². The van der Waals surface area contributed by atoms with Gasteiger partial charge in [-0.2, -0.15) is 0 Å². The molecule has 0 spiro atoms. The Morgan fingerprint density at radius 1 is 1.50 bits per heavy atom. The third kappa shape index (κ3) is 2.58. The lowest BCUT2D eigenvalue weighted by molar-refractivity contribution is 0.313. The number of anilines is 1. The number of nitrogens with zero attached hydrogens (tertiary/aromatic N) is 1. The molecule has 0 amide bonds. The first kappa shape index (κ1) is 13.1. The van der Waals surface area contributed by atoms with Crippen molar-refractivity contribution in [3.63, 3.8) is 0 Å². The van der Waals surface area contributed by atoms with Gasteiger partial charge in [-0.05, 0) is 25.5 Å². The number of halogens is 1. The third-order valence-corrected chi connectivity index (χ3v) is 3.75. The summed E-state index contributed by atoms with van der Waals surface area (Å²) in [5, 5.41) is 3.54. The van der Waals surface area contributed by atoms with Gasteiger partial charge in [-0.3, -0.25) is 0 Å². The van der Waals surface area contributed by atoms with Crippen LogP contribution in [0.1, 0.15) is 20.3 Å². The van der Waals surface area contributed by atoms with Crippen LogP contribution in [-0.2, 0) is 0 Å². The maximum absolute atomic E-state index is 13.4. The number of piperazine rings is 1. The highest BCUT2D eigenvalue weighted by atomic mass is 19.1. The highest BCUT2D eigenvalue weighted by molar-refractivity contribution is 5.52. The highest BCUT2D eigenvalue weighted by Gasteiger charge is 2.29. The average molecular weight is 252 g/mol. The van der Waals surface area contributed by atoms with Crippen LogP contribution in [0.5, 0.6) is 5.75 Å². The first-order valence-corrected chi connectivity index (χ1v) is 6.41. The summed E-state index contributed by atoms with van der Waals surface area (Å²) in [6.07, 6.45) is 1.07. The van der Waals surface area contributed by atoms with Gasteiger partial charge in [-0.15, -0.1) is 0 Å². The Kier molecular flexibility index (Phi) is 3.76. The molecule has 0 radical (unpaired) electrons. The Bertz CT molecular complexity index is 424. The maximum atomic E-state index is 13.4. The summed E-state index contributed by atoms with van der Waals surface area (Å²) in [7, 11) is 1.50. The highest BCUT2D eigenvalue weighted by Crippen LogP contribution is 2.27. The van der Waals surface area contributed by atoms with E-state index in [9.17, 15) is 4.39 Å². The van der Waals surface area contributed by atoms with Crippen LogP contribution < -0.4 is 15.0 Å². The molecule has 1 N–H and O–H groups in total. The molecule has 0 aromatic heterocycles. The fourth-order valence-corrected chi connectivity index (χ4v) is 2.35. The molecule has 2 rings (SSSR count). The molecule has 1 unspecified atom stereocenters. The van der Waals surface area contributed by atoms with E-state index in [4.69, 9.17) is 4.74 Å². The summed E-state index contributed by atoms with van der Waals surface area (Å²) < 4.78 is 18.4. The fraction of sp³-hybridized carbons (Fsp3) is 0.571. The first-order chi connectivity index (χ1) is 8.58. The van der Waals surface area contributed by atoms with Crippen LogP contribution in [0.25, 0.3) is 0 Å². The second-order valence-electron chi connectivity index (χ2n) is 5.08. The summed E-state index contributed by atoms with van der Waals surface area (Å²) in [5.74, 6) is -0.00104. The number of ether oxygens (including phenoxy) is 1. The molecule has 1 aliphatic rings. The number of nitrogens with one attached hydrogen (secondary N) is 1. The van der Waals surface area contributed by atoms with Gasteiger partial charge in [0.25, 0.3) is 0 Å². The van der Waals surface area contributed by atoms with E-state index in [1.807, 2.05) is 6.07 Å². The second kappa shape index (κ2) is 5.14. The van der Waals surface area contributed by atoms with Crippen LogP contribution in [0, 0.1) is 5.82 Å². The van der Waals surface area contributed by atoms with E-state index in [0.717, 1.165) is 31.7 Å². The minimum atomic E-state index is -0.311. The SMILES string of the molecule is CCC1(C)CN(c2ccc(F)c(OC)c2)CCN1. The van der Waals surface area contributed by atoms with Gasteiger partial charge in [-0.25, -0.2) is 4.39 Å². The second-order valence-corrected chi connectivity index (χ2v) is 5.08. The van der Waals surface area contributed by atoms with Crippen LogP contribution in [0.15, 0.2) is 18.2 Å². The lowest BCUT2D eigenvalue weighted by Gasteiger charge is -2.42. The molecule has 100 valence electrons. The van der Waals surface area contributed by atoms with Crippen molar-refractivity contribution in [3.8, 4) is 5.75 Å². The molecule has 18 heavy (non-hydrogen) atoms. The van der Waals surface area contributed by atoms with Crippen LogP contribution in [-0.4, -0.2) is 32.3 Å². The van der Waals surface area contributed by atoms with Crippen molar-refractivity contribution in [2.75, 3.05) is 31.6 Å². The lowest BCUT2D eigenvalue weighted by Crippen LogP contribution is -2.58. The van der Waals surface area contributed by atoms with E-state index in [0.29, 0.717) is 5.75 Å². The van der Waals surface area contributed by atoms with Crippen molar-refractivity contribution >= 4 is 5.69 Å². The largest absolute Gasteiger partial charge is 0.494 e. The molecule has 1 aromatic rings. The van der Waals surface area contributed by atoms with E-state index >= 15 is 0 Å². The summed E-state index contributed by atoms with van der Waals surface area (Å²) in [4.78, 5) is 2.28. The molecule has 1 fully saturated rings. The van der Waals surface area contributed by atoms with Crippen molar-refractivity contribution in [1.29, 1.82) is 0 Å². The van der Waals surface area contributed by atoms with Gasteiger partial charge >= 0.3 is 0 Å². The van der Waals surface area contributed by atoms with Crippen molar-refractivity contribution in [1.82, 2.24) is 5.32 Å². The zero-order valence-electron chi connectivity index (χ0n) is 11.3. The number of hydrogen-bond acceptors (Lipinski definition) is 3. The van der Waals surface area contributed by atoms with Gasteiger partial charge in [0.2, 0.25) is 0 Å². The van der Waals surface area contributed by atoms with Gasteiger partial charge in [0, 0.05) is 36.9 Å². The minimum Gasteiger partial charge on any atom is -0.494 e. The maximum Gasteiger partial charge on any atom is 0.165 e. The summed E-state index contributed by atoms with van der Waals surface area (Å²) in [6, 6.07) is 5.06. The number of rotatable bonds is 3. The zero-order chi connectivity index (χ0) is 13.2. The molecular weight excluding hydrogens is 231 g/mol. The van der Waals surface area contributed by atoms with Crippen molar-refractivity contribution in [3.05, 3.63) is 24.0 Å². The van der Waals surface area contributed by atoms with E-state index in [1.54, 1.807) is 6.07 Å². The van der Waals surface area contributed by atoms with Gasteiger partial charge in [-0.1, -0.05) is 6.92 Å². The Hall–Kier alpha value is -1.29. The Labute approximate surface area is 108 Å². The number of methoxy groups -OCH3 is 1. The smallest absolute Gasteiger partial charge is 0.165 e. The number of benzene rings is 1. The van der Waals surface area contributed by atoms with Crippen LogP contribution >= 0.6 is 0 Å². The normalized spacial score (nSPS) is 24.1. The molecule has 1 aliphatic heterocycles. The summed E-state index contributed by atoms with van der Waals surface area (Å²) >= 11 is 0. The molecular formula is C14H21FN2O. The summed E-state index contributed by atoms with van der Waals surface area (Å²) in [6.45, 7) is 7.22. The Morgan fingerprint density at radius 2 is 2.28 bits per heavy atom. The molecule has 1 heterocycles. The first-order valence-electron chi connectivity index (χ1n) is 6.41. The average Bonchev–Trinajstić information content (AvgIpc) is 2.39. The van der Waals surface area contributed by atoms with Crippen molar-refractivity contribution in [2.45, 2.75) is 25.8 Å². The van der Waals surface area contributed by atoms with E-state index in [2.05, 4.69) is 24.1 Å². The van der Waals surface area contributed by atoms with Crippen LogP contribution in [0.3, 0.4) is 0 Å². The number of hydrogen-bond donors (Lipinski definition) is 1. The standard InChI is InChI=1S/C14H21FN2O/c1-4-14(2)10-17(8-7-16-14)11-5-6-12(15)13(9-11)18-3/h5-6,9,16H,4,7-8,10H2,1-3H3.